The lowest BCUT2D eigenvalue weighted by Gasteiger charge is -2.13. The first-order valence-corrected chi connectivity index (χ1v) is 6.06. The van der Waals surface area contributed by atoms with E-state index in [0.29, 0.717) is 33.1 Å². The number of benzene rings is 1. The summed E-state index contributed by atoms with van der Waals surface area (Å²) >= 11 is 3.29. The van der Waals surface area contributed by atoms with E-state index in [0.717, 1.165) is 0 Å². The van der Waals surface area contributed by atoms with Crippen LogP contribution in [0.1, 0.15) is 5.56 Å². The lowest BCUT2D eigenvalue weighted by Crippen LogP contribution is -2.02. The zero-order valence-electron chi connectivity index (χ0n) is 10.0. The number of hydrogen-bond donors (Lipinski definition) is 2. The number of nitrogens with two attached hydrogens (primary N) is 1. The standard InChI is InChI=1S/C12H10BrN5O/c1-19-8-4-2-3-7(5-14)10(8)18-12-9(13)11(15)16-6-17-12/h2-4,6H,1H3,(H3,15,16,17,18). The molecule has 0 radical (unpaired) electrons. The number of nitrogen functional groups attached to an aromatic ring is 1. The van der Waals surface area contributed by atoms with Crippen LogP contribution < -0.4 is 15.8 Å². The van der Waals surface area contributed by atoms with E-state index in [-0.39, 0.29) is 0 Å². The number of nitrogens with zero attached hydrogens (tertiary/aromatic N) is 3. The van der Waals surface area contributed by atoms with Crippen molar-refractivity contribution in [2.24, 2.45) is 0 Å². The Balaban J connectivity index is 2.49. The largest absolute Gasteiger partial charge is 0.495 e. The van der Waals surface area contributed by atoms with Gasteiger partial charge in [0.15, 0.2) is 0 Å². The molecule has 0 amide bonds. The lowest BCUT2D eigenvalue weighted by molar-refractivity contribution is 0.416. The molecule has 96 valence electrons. The molecular formula is C12H10BrN5O. The van der Waals surface area contributed by atoms with Crippen molar-refractivity contribution in [2.75, 3.05) is 18.2 Å². The predicted molar refractivity (Wildman–Crippen MR) is 75.1 cm³/mol. The van der Waals surface area contributed by atoms with Gasteiger partial charge in [-0.25, -0.2) is 9.97 Å². The molecule has 0 unspecified atom stereocenters. The van der Waals surface area contributed by atoms with Crippen LogP contribution in [0.4, 0.5) is 17.3 Å². The molecule has 7 heteroatoms. The van der Waals surface area contributed by atoms with Crippen molar-refractivity contribution in [1.29, 1.82) is 5.26 Å². The van der Waals surface area contributed by atoms with Crippen molar-refractivity contribution in [3.05, 3.63) is 34.6 Å². The highest BCUT2D eigenvalue weighted by molar-refractivity contribution is 9.10. The van der Waals surface area contributed by atoms with Crippen LogP contribution in [0.3, 0.4) is 0 Å². The Bertz CT molecular complexity index is 653. The molecule has 6 nitrogen and oxygen atoms in total. The molecule has 0 spiro atoms. The number of methoxy groups -OCH3 is 1. The number of rotatable bonds is 3. The first-order chi connectivity index (χ1) is 9.17. The van der Waals surface area contributed by atoms with E-state index >= 15 is 0 Å². The summed E-state index contributed by atoms with van der Waals surface area (Å²) in [5, 5.41) is 12.2. The second-order valence-electron chi connectivity index (χ2n) is 3.54. The topological polar surface area (TPSA) is 96.8 Å². The lowest BCUT2D eigenvalue weighted by atomic mass is 10.2. The van der Waals surface area contributed by atoms with Gasteiger partial charge in [0.05, 0.1) is 12.7 Å². The second kappa shape index (κ2) is 5.54. The summed E-state index contributed by atoms with van der Waals surface area (Å²) in [6.45, 7) is 0. The van der Waals surface area contributed by atoms with Gasteiger partial charge in [0, 0.05) is 0 Å². The number of nitriles is 1. The fourth-order valence-corrected chi connectivity index (χ4v) is 1.82. The highest BCUT2D eigenvalue weighted by Crippen LogP contribution is 2.33. The van der Waals surface area contributed by atoms with E-state index in [1.807, 2.05) is 0 Å². The molecule has 2 aromatic rings. The van der Waals surface area contributed by atoms with Crippen LogP contribution in [0, 0.1) is 11.3 Å². The average molecular weight is 320 g/mol. The van der Waals surface area contributed by atoms with E-state index in [1.54, 1.807) is 18.2 Å². The van der Waals surface area contributed by atoms with Gasteiger partial charge in [-0.2, -0.15) is 5.26 Å². The quantitative estimate of drug-likeness (QED) is 0.901. The number of para-hydroxylation sites is 1. The summed E-state index contributed by atoms with van der Waals surface area (Å²) in [6, 6.07) is 7.27. The van der Waals surface area contributed by atoms with Crippen molar-refractivity contribution in [3.8, 4) is 11.8 Å². The van der Waals surface area contributed by atoms with Crippen molar-refractivity contribution in [3.63, 3.8) is 0 Å². The van der Waals surface area contributed by atoms with E-state index in [9.17, 15) is 0 Å². The smallest absolute Gasteiger partial charge is 0.150 e. The van der Waals surface area contributed by atoms with E-state index < -0.39 is 0 Å². The zero-order chi connectivity index (χ0) is 13.8. The average Bonchev–Trinajstić information content (AvgIpc) is 2.44. The maximum atomic E-state index is 9.13. The van der Waals surface area contributed by atoms with Crippen LogP contribution in [0.2, 0.25) is 0 Å². The van der Waals surface area contributed by atoms with Gasteiger partial charge in [-0.3, -0.25) is 0 Å². The summed E-state index contributed by atoms with van der Waals surface area (Å²) < 4.78 is 5.76. The molecule has 0 saturated heterocycles. The SMILES string of the molecule is COc1cccc(C#N)c1Nc1ncnc(N)c1Br. The number of ether oxygens (including phenoxy) is 1. The van der Waals surface area contributed by atoms with Crippen LogP contribution in [-0.2, 0) is 0 Å². The van der Waals surface area contributed by atoms with Crippen LogP contribution in [-0.4, -0.2) is 17.1 Å². The summed E-state index contributed by atoms with van der Waals surface area (Å²) in [5.41, 5.74) is 6.66. The van der Waals surface area contributed by atoms with Crippen molar-refractivity contribution in [2.45, 2.75) is 0 Å². The molecule has 1 aromatic heterocycles. The monoisotopic (exact) mass is 319 g/mol. The third-order valence-electron chi connectivity index (χ3n) is 2.43. The maximum absolute atomic E-state index is 9.13. The normalized spacial score (nSPS) is 9.74. The zero-order valence-corrected chi connectivity index (χ0v) is 11.6. The summed E-state index contributed by atoms with van der Waals surface area (Å²) in [7, 11) is 1.53. The Morgan fingerprint density at radius 2 is 2.21 bits per heavy atom. The summed E-state index contributed by atoms with van der Waals surface area (Å²) in [5.74, 6) is 1.32. The van der Waals surface area contributed by atoms with Gasteiger partial charge in [-0.05, 0) is 28.1 Å². The Morgan fingerprint density at radius 3 is 2.89 bits per heavy atom. The number of nitrogens with one attached hydrogen (secondary N) is 1. The van der Waals surface area contributed by atoms with Crippen LogP contribution in [0.15, 0.2) is 29.0 Å². The van der Waals surface area contributed by atoms with Crippen molar-refractivity contribution in [1.82, 2.24) is 9.97 Å². The highest BCUT2D eigenvalue weighted by Gasteiger charge is 2.12. The molecule has 0 saturated carbocycles. The molecule has 3 N–H and O–H groups in total. The molecule has 0 atom stereocenters. The van der Waals surface area contributed by atoms with Crippen molar-refractivity contribution >= 4 is 33.3 Å². The minimum Gasteiger partial charge on any atom is -0.495 e. The Kier molecular flexibility index (Phi) is 3.82. The van der Waals surface area contributed by atoms with Crippen LogP contribution in [0.25, 0.3) is 0 Å². The van der Waals surface area contributed by atoms with Crippen molar-refractivity contribution < 1.29 is 4.74 Å². The molecule has 2 rings (SSSR count). The van der Waals surface area contributed by atoms with Gasteiger partial charge in [0.1, 0.15) is 39.9 Å². The molecular weight excluding hydrogens is 310 g/mol. The Morgan fingerprint density at radius 1 is 1.42 bits per heavy atom. The molecule has 0 aliphatic heterocycles. The molecule has 0 bridgehead atoms. The third kappa shape index (κ3) is 2.58. The minimum absolute atomic E-state index is 0.311. The van der Waals surface area contributed by atoms with Crippen LogP contribution >= 0.6 is 15.9 Å². The first kappa shape index (κ1) is 13.1. The third-order valence-corrected chi connectivity index (χ3v) is 3.21. The van der Waals surface area contributed by atoms with E-state index in [2.05, 4.69) is 37.3 Å². The van der Waals surface area contributed by atoms with Gasteiger partial charge in [-0.1, -0.05) is 6.07 Å². The fraction of sp³-hybridized carbons (Fsp3) is 0.0833. The summed E-state index contributed by atoms with van der Waals surface area (Å²) in [4.78, 5) is 7.92. The number of hydrogen-bond acceptors (Lipinski definition) is 6. The van der Waals surface area contributed by atoms with Gasteiger partial charge >= 0.3 is 0 Å². The molecule has 19 heavy (non-hydrogen) atoms. The number of aromatic nitrogens is 2. The fourth-order valence-electron chi connectivity index (χ4n) is 1.51. The minimum atomic E-state index is 0.311. The van der Waals surface area contributed by atoms with Gasteiger partial charge in [-0.15, -0.1) is 0 Å². The molecule has 1 heterocycles. The van der Waals surface area contributed by atoms with Gasteiger partial charge in [0.25, 0.3) is 0 Å². The molecule has 0 aliphatic rings. The number of anilines is 3. The van der Waals surface area contributed by atoms with E-state index in [1.165, 1.54) is 13.4 Å². The first-order valence-electron chi connectivity index (χ1n) is 5.27. The molecule has 0 fully saturated rings. The highest BCUT2D eigenvalue weighted by atomic mass is 79.9. The van der Waals surface area contributed by atoms with Crippen LogP contribution in [0.5, 0.6) is 5.75 Å². The number of halogens is 1. The van der Waals surface area contributed by atoms with Gasteiger partial charge < -0.3 is 15.8 Å². The summed E-state index contributed by atoms with van der Waals surface area (Å²) in [6.07, 6.45) is 1.34. The molecule has 0 aliphatic carbocycles. The predicted octanol–water partition coefficient (Wildman–Crippen LogP) is 2.45. The Hall–Kier alpha value is -2.33. The maximum Gasteiger partial charge on any atom is 0.150 e. The van der Waals surface area contributed by atoms with E-state index in [4.69, 9.17) is 15.7 Å². The second-order valence-corrected chi connectivity index (χ2v) is 4.33. The Labute approximate surface area is 118 Å². The molecule has 1 aromatic carbocycles. The van der Waals surface area contributed by atoms with Gasteiger partial charge in [0.2, 0.25) is 0 Å².